The van der Waals surface area contributed by atoms with E-state index in [0.29, 0.717) is 48.5 Å². The second-order valence-electron chi connectivity index (χ2n) is 5.31. The van der Waals surface area contributed by atoms with Crippen LogP contribution in [0.1, 0.15) is 6.42 Å². The number of benzene rings is 1. The number of nitrogens with one attached hydrogen (secondary N) is 1. The molecule has 0 radical (unpaired) electrons. The third kappa shape index (κ3) is 5.21. The highest BCUT2D eigenvalue weighted by molar-refractivity contribution is 7.89. The number of ether oxygens (including phenoxy) is 3. The van der Waals surface area contributed by atoms with Crippen LogP contribution >= 0.6 is 11.6 Å². The van der Waals surface area contributed by atoms with E-state index in [1.807, 2.05) is 0 Å². The van der Waals surface area contributed by atoms with E-state index >= 15 is 0 Å². The van der Waals surface area contributed by atoms with E-state index in [2.05, 4.69) is 5.32 Å². The van der Waals surface area contributed by atoms with Gasteiger partial charge in [-0.25, -0.2) is 8.42 Å². The molecule has 0 saturated carbocycles. The Kier molecular flexibility index (Phi) is 6.88. The van der Waals surface area contributed by atoms with Crippen molar-refractivity contribution in [3.63, 3.8) is 0 Å². The highest BCUT2D eigenvalue weighted by Gasteiger charge is 2.25. The minimum atomic E-state index is -3.49. The van der Waals surface area contributed by atoms with Crippen molar-refractivity contribution in [2.45, 2.75) is 6.42 Å². The predicted molar refractivity (Wildman–Crippen MR) is 94.0 cm³/mol. The van der Waals surface area contributed by atoms with Gasteiger partial charge in [-0.15, -0.1) is 0 Å². The number of halogens is 1. The van der Waals surface area contributed by atoms with E-state index in [4.69, 9.17) is 25.8 Å². The number of anilines is 1. The zero-order valence-electron chi connectivity index (χ0n) is 14.1. The summed E-state index contributed by atoms with van der Waals surface area (Å²) >= 11 is 6.01. The maximum absolute atomic E-state index is 12.2. The quantitative estimate of drug-likeness (QED) is 0.752. The van der Waals surface area contributed by atoms with Crippen LogP contribution in [0.5, 0.6) is 11.5 Å². The van der Waals surface area contributed by atoms with Crippen LogP contribution in [0.3, 0.4) is 0 Å². The van der Waals surface area contributed by atoms with E-state index in [1.54, 1.807) is 0 Å². The molecule has 1 aliphatic heterocycles. The number of morpholine rings is 1. The van der Waals surface area contributed by atoms with Gasteiger partial charge in [-0.3, -0.25) is 4.79 Å². The number of hydrogen-bond donors (Lipinski definition) is 1. The van der Waals surface area contributed by atoms with Crippen molar-refractivity contribution in [2.24, 2.45) is 0 Å². The van der Waals surface area contributed by atoms with Crippen LogP contribution in [0.25, 0.3) is 0 Å². The molecule has 1 aromatic rings. The molecule has 1 amide bonds. The third-order valence-corrected chi connectivity index (χ3v) is 5.87. The predicted octanol–water partition coefficient (Wildman–Crippen LogP) is 1.35. The summed E-state index contributed by atoms with van der Waals surface area (Å²) in [7, 11) is -0.597. The molecular weight excluding hydrogens is 372 g/mol. The van der Waals surface area contributed by atoms with E-state index in [0.717, 1.165) is 0 Å². The van der Waals surface area contributed by atoms with E-state index in [1.165, 1.54) is 30.7 Å². The molecule has 0 unspecified atom stereocenters. The molecule has 1 saturated heterocycles. The van der Waals surface area contributed by atoms with Crippen molar-refractivity contribution in [1.82, 2.24) is 4.31 Å². The molecule has 0 spiro atoms. The van der Waals surface area contributed by atoms with Crippen LogP contribution < -0.4 is 14.8 Å². The Morgan fingerprint density at radius 1 is 1.24 bits per heavy atom. The van der Waals surface area contributed by atoms with Crippen LogP contribution in [-0.2, 0) is 19.6 Å². The molecule has 1 aliphatic rings. The van der Waals surface area contributed by atoms with Crippen molar-refractivity contribution < 1.29 is 27.4 Å². The molecular formula is C15H21ClN2O6S. The number of sulfonamides is 1. The molecule has 2 rings (SSSR count). The highest BCUT2D eigenvalue weighted by Crippen LogP contribution is 2.35. The van der Waals surface area contributed by atoms with Gasteiger partial charge in [-0.1, -0.05) is 11.6 Å². The fourth-order valence-electron chi connectivity index (χ4n) is 2.35. The van der Waals surface area contributed by atoms with Crippen LogP contribution in [0.4, 0.5) is 5.69 Å². The maximum Gasteiger partial charge on any atom is 0.225 e. The SMILES string of the molecule is COc1cc(NC(=O)CCS(=O)(=O)N2CCOCC2)c(OC)cc1Cl. The molecule has 25 heavy (non-hydrogen) atoms. The molecule has 0 bridgehead atoms. The first-order valence-electron chi connectivity index (χ1n) is 7.64. The summed E-state index contributed by atoms with van der Waals surface area (Å²) in [6.45, 7) is 1.36. The second-order valence-corrected chi connectivity index (χ2v) is 7.81. The van der Waals surface area contributed by atoms with Gasteiger partial charge in [-0.05, 0) is 0 Å². The lowest BCUT2D eigenvalue weighted by Gasteiger charge is -2.25. The molecule has 1 aromatic carbocycles. The highest BCUT2D eigenvalue weighted by atomic mass is 35.5. The number of carbonyl (C=O) groups is 1. The summed E-state index contributed by atoms with van der Waals surface area (Å²) in [5, 5.41) is 2.97. The van der Waals surface area contributed by atoms with Crippen molar-refractivity contribution in [2.75, 3.05) is 51.6 Å². The van der Waals surface area contributed by atoms with Crippen molar-refractivity contribution in [3.8, 4) is 11.5 Å². The van der Waals surface area contributed by atoms with Crippen molar-refractivity contribution in [3.05, 3.63) is 17.2 Å². The Bertz CT molecular complexity index is 719. The molecule has 10 heteroatoms. The molecule has 0 aromatic heterocycles. The fraction of sp³-hybridized carbons (Fsp3) is 0.533. The molecule has 8 nitrogen and oxygen atoms in total. The standard InChI is InChI=1S/C15H21ClN2O6S/c1-22-13-10-12(14(23-2)9-11(13)16)17-15(19)3-8-25(20,21)18-4-6-24-7-5-18/h9-10H,3-8H2,1-2H3,(H,17,19). The Hall–Kier alpha value is -1.55. The largest absolute Gasteiger partial charge is 0.495 e. The zero-order valence-corrected chi connectivity index (χ0v) is 15.7. The van der Waals surface area contributed by atoms with Crippen molar-refractivity contribution in [1.29, 1.82) is 0 Å². The zero-order chi connectivity index (χ0) is 18.4. The Morgan fingerprint density at radius 3 is 2.48 bits per heavy atom. The fourth-order valence-corrected chi connectivity index (χ4v) is 3.98. The molecule has 140 valence electrons. The van der Waals surface area contributed by atoms with Gasteiger partial charge in [0, 0.05) is 31.6 Å². The van der Waals surface area contributed by atoms with E-state index in [9.17, 15) is 13.2 Å². The van der Waals surface area contributed by atoms with Gasteiger partial charge in [-0.2, -0.15) is 4.31 Å². The number of amides is 1. The average Bonchev–Trinajstić information content (AvgIpc) is 2.62. The minimum Gasteiger partial charge on any atom is -0.495 e. The summed E-state index contributed by atoms with van der Waals surface area (Å²) in [6.07, 6.45) is -0.173. The molecule has 1 heterocycles. The summed E-state index contributed by atoms with van der Waals surface area (Å²) < 4.78 is 41.2. The molecule has 0 aliphatic carbocycles. The lowest BCUT2D eigenvalue weighted by atomic mass is 10.2. The van der Waals surface area contributed by atoms with Gasteiger partial charge in [0.05, 0.1) is 43.9 Å². The monoisotopic (exact) mass is 392 g/mol. The van der Waals surface area contributed by atoms with Crippen LogP contribution in [0, 0.1) is 0 Å². The van der Waals surface area contributed by atoms with Crippen LogP contribution in [0.15, 0.2) is 12.1 Å². The molecule has 1 N–H and O–H groups in total. The second kappa shape index (κ2) is 8.70. The summed E-state index contributed by atoms with van der Waals surface area (Å²) in [6, 6.07) is 3.04. The summed E-state index contributed by atoms with van der Waals surface area (Å²) in [4.78, 5) is 12.1. The van der Waals surface area contributed by atoms with Gasteiger partial charge in [0.1, 0.15) is 11.5 Å². The van der Waals surface area contributed by atoms with E-state index in [-0.39, 0.29) is 12.2 Å². The first-order valence-corrected chi connectivity index (χ1v) is 9.63. The summed E-state index contributed by atoms with van der Waals surface area (Å²) in [5.74, 6) is 0.0136. The average molecular weight is 393 g/mol. The lowest BCUT2D eigenvalue weighted by molar-refractivity contribution is -0.115. The minimum absolute atomic E-state index is 0.173. The van der Waals surface area contributed by atoms with Crippen molar-refractivity contribution >= 4 is 33.2 Å². The van der Waals surface area contributed by atoms with Gasteiger partial charge in [0.15, 0.2) is 0 Å². The van der Waals surface area contributed by atoms with Gasteiger partial charge in [0.25, 0.3) is 0 Å². The molecule has 1 fully saturated rings. The maximum atomic E-state index is 12.2. The van der Waals surface area contributed by atoms with E-state index < -0.39 is 15.9 Å². The number of carbonyl (C=O) groups excluding carboxylic acids is 1. The van der Waals surface area contributed by atoms with Crippen LogP contribution in [-0.4, -0.2) is 64.9 Å². The first-order chi connectivity index (χ1) is 11.9. The lowest BCUT2D eigenvalue weighted by Crippen LogP contribution is -2.42. The van der Waals surface area contributed by atoms with Gasteiger partial charge in [0.2, 0.25) is 15.9 Å². The summed E-state index contributed by atoms with van der Waals surface area (Å²) in [5.41, 5.74) is 0.359. The Morgan fingerprint density at radius 2 is 1.88 bits per heavy atom. The number of nitrogens with zero attached hydrogens (tertiary/aromatic N) is 1. The Labute approximate surface area is 152 Å². The Balaban J connectivity index is 2.00. The normalized spacial score (nSPS) is 15.6. The van der Waals surface area contributed by atoms with Gasteiger partial charge >= 0.3 is 0 Å². The first kappa shape index (κ1) is 19.8. The third-order valence-electron chi connectivity index (χ3n) is 3.70. The number of rotatable bonds is 7. The topological polar surface area (TPSA) is 94.2 Å². The smallest absolute Gasteiger partial charge is 0.225 e. The number of methoxy groups -OCH3 is 2. The van der Waals surface area contributed by atoms with Crippen LogP contribution in [0.2, 0.25) is 5.02 Å². The van der Waals surface area contributed by atoms with Gasteiger partial charge < -0.3 is 19.5 Å². The molecule has 0 atom stereocenters. The number of hydrogen-bond acceptors (Lipinski definition) is 6.